The number of benzene rings is 1. The number of nitrogens with one attached hydrogen (secondary N) is 1. The van der Waals surface area contributed by atoms with Crippen molar-refractivity contribution >= 4 is 26.0 Å². The van der Waals surface area contributed by atoms with Gasteiger partial charge in [-0.2, -0.15) is 9.98 Å². The molecule has 0 unspecified atom stereocenters. The Balaban J connectivity index is 2.28. The van der Waals surface area contributed by atoms with Crippen LogP contribution in [0.25, 0.3) is 0 Å². The van der Waals surface area contributed by atoms with Gasteiger partial charge in [-0.1, -0.05) is 41.3 Å². The molecule has 1 aliphatic carbocycles. The number of nitriles is 1. The normalized spacial score (nSPS) is 18.7. The van der Waals surface area contributed by atoms with Crippen molar-refractivity contribution in [1.29, 1.82) is 5.26 Å². The monoisotopic (exact) mass is 342 g/mol. The minimum Gasteiger partial charge on any atom is -0.207 e. The number of halogens is 1. The van der Waals surface area contributed by atoms with Crippen LogP contribution < -0.4 is 4.72 Å². The van der Waals surface area contributed by atoms with Crippen molar-refractivity contribution in [3.63, 3.8) is 0 Å². The Labute approximate surface area is 122 Å². The van der Waals surface area contributed by atoms with Crippen LogP contribution in [0.3, 0.4) is 0 Å². The van der Waals surface area contributed by atoms with Gasteiger partial charge in [0, 0.05) is 4.47 Å². The second-order valence-corrected chi connectivity index (χ2v) is 7.42. The predicted octanol–water partition coefficient (Wildman–Crippen LogP) is 2.95. The van der Waals surface area contributed by atoms with E-state index in [1.807, 2.05) is 0 Å². The summed E-state index contributed by atoms with van der Waals surface area (Å²) in [4.78, 5) is 0.182. The number of hydrogen-bond donors (Lipinski definition) is 1. The van der Waals surface area contributed by atoms with E-state index in [1.165, 1.54) is 12.1 Å². The van der Waals surface area contributed by atoms with E-state index in [1.54, 1.807) is 12.1 Å². The van der Waals surface area contributed by atoms with Crippen LogP contribution in [-0.2, 0) is 10.0 Å². The van der Waals surface area contributed by atoms with Crippen molar-refractivity contribution in [1.82, 2.24) is 4.72 Å². The molecule has 0 bridgehead atoms. The second-order valence-electron chi connectivity index (χ2n) is 4.82. The second kappa shape index (κ2) is 5.61. The van der Waals surface area contributed by atoms with Crippen LogP contribution in [0.15, 0.2) is 33.6 Å². The molecule has 0 atom stereocenters. The van der Waals surface area contributed by atoms with E-state index in [2.05, 4.69) is 26.7 Å². The SMILES string of the molecule is N#CC1(NS(=O)(=O)c2cccc(Br)c2)CCCCC1. The number of hydrogen-bond acceptors (Lipinski definition) is 3. The molecule has 4 nitrogen and oxygen atoms in total. The van der Waals surface area contributed by atoms with Crippen molar-refractivity contribution in [3.8, 4) is 6.07 Å². The quantitative estimate of drug-likeness (QED) is 0.917. The molecule has 19 heavy (non-hydrogen) atoms. The summed E-state index contributed by atoms with van der Waals surface area (Å²) in [6.07, 6.45) is 3.98. The minimum atomic E-state index is -3.66. The van der Waals surface area contributed by atoms with Gasteiger partial charge in [-0.25, -0.2) is 8.42 Å². The molecule has 0 saturated heterocycles. The first-order valence-corrected chi connectivity index (χ1v) is 8.46. The Hall–Kier alpha value is -0.900. The first kappa shape index (κ1) is 14.5. The molecule has 0 heterocycles. The third kappa shape index (κ3) is 3.35. The highest BCUT2D eigenvalue weighted by Crippen LogP contribution is 2.29. The molecule has 1 aromatic rings. The van der Waals surface area contributed by atoms with Gasteiger partial charge in [0.2, 0.25) is 10.0 Å². The zero-order chi connectivity index (χ0) is 13.9. The van der Waals surface area contributed by atoms with E-state index >= 15 is 0 Å². The summed E-state index contributed by atoms with van der Waals surface area (Å²) in [6, 6.07) is 8.65. The molecule has 0 spiro atoms. The lowest BCUT2D eigenvalue weighted by atomic mass is 9.84. The van der Waals surface area contributed by atoms with E-state index in [9.17, 15) is 13.7 Å². The van der Waals surface area contributed by atoms with Crippen molar-refractivity contribution in [2.75, 3.05) is 0 Å². The van der Waals surface area contributed by atoms with E-state index < -0.39 is 15.6 Å². The molecule has 1 aliphatic rings. The molecule has 102 valence electrons. The standard InChI is InChI=1S/C13H15BrN2O2S/c14-11-5-4-6-12(9-11)19(17,18)16-13(10-15)7-2-1-3-8-13/h4-6,9,16H,1-3,7-8H2. The molecule has 1 aromatic carbocycles. The van der Waals surface area contributed by atoms with Crippen LogP contribution in [0.4, 0.5) is 0 Å². The Kier molecular flexibility index (Phi) is 4.29. The summed E-state index contributed by atoms with van der Waals surface area (Å²) in [5, 5.41) is 9.32. The fourth-order valence-corrected chi connectivity index (χ4v) is 4.31. The maximum atomic E-state index is 12.3. The highest BCUT2D eigenvalue weighted by Gasteiger charge is 2.36. The Bertz CT molecular complexity index is 601. The van der Waals surface area contributed by atoms with Crippen molar-refractivity contribution < 1.29 is 8.42 Å². The smallest absolute Gasteiger partial charge is 0.207 e. The highest BCUT2D eigenvalue weighted by molar-refractivity contribution is 9.10. The highest BCUT2D eigenvalue weighted by atomic mass is 79.9. The first-order chi connectivity index (χ1) is 8.97. The van der Waals surface area contributed by atoms with Gasteiger partial charge in [-0.3, -0.25) is 0 Å². The van der Waals surface area contributed by atoms with E-state index in [4.69, 9.17) is 0 Å². The molecule has 2 rings (SSSR count). The van der Waals surface area contributed by atoms with Gasteiger partial charge in [-0.05, 0) is 31.0 Å². The third-order valence-electron chi connectivity index (χ3n) is 3.36. The van der Waals surface area contributed by atoms with Crippen LogP contribution in [0.2, 0.25) is 0 Å². The number of sulfonamides is 1. The lowest BCUT2D eigenvalue weighted by molar-refractivity contribution is 0.338. The van der Waals surface area contributed by atoms with Gasteiger partial charge in [0.1, 0.15) is 5.54 Å². The number of nitrogens with zero attached hydrogens (tertiary/aromatic N) is 1. The Morgan fingerprint density at radius 3 is 2.53 bits per heavy atom. The largest absolute Gasteiger partial charge is 0.241 e. The van der Waals surface area contributed by atoms with Crippen molar-refractivity contribution in [2.45, 2.75) is 42.5 Å². The molecule has 0 radical (unpaired) electrons. The van der Waals surface area contributed by atoms with Crippen molar-refractivity contribution in [2.24, 2.45) is 0 Å². The van der Waals surface area contributed by atoms with Crippen LogP contribution >= 0.6 is 15.9 Å². The molecule has 0 aromatic heterocycles. The summed E-state index contributed by atoms with van der Waals surface area (Å²) in [5.41, 5.74) is -0.945. The molecular weight excluding hydrogens is 328 g/mol. The summed E-state index contributed by atoms with van der Waals surface area (Å²) in [5.74, 6) is 0. The average Bonchev–Trinajstić information content (AvgIpc) is 2.39. The molecule has 1 fully saturated rings. The van der Waals surface area contributed by atoms with Gasteiger partial charge in [0.25, 0.3) is 0 Å². The Morgan fingerprint density at radius 2 is 1.95 bits per heavy atom. The topological polar surface area (TPSA) is 70.0 Å². The van der Waals surface area contributed by atoms with E-state index in [0.717, 1.165) is 19.3 Å². The fourth-order valence-electron chi connectivity index (χ4n) is 2.34. The summed E-state index contributed by atoms with van der Waals surface area (Å²) in [7, 11) is -3.66. The molecule has 1 N–H and O–H groups in total. The van der Waals surface area contributed by atoms with Crippen molar-refractivity contribution in [3.05, 3.63) is 28.7 Å². The maximum absolute atomic E-state index is 12.3. The van der Waals surface area contributed by atoms with Gasteiger partial charge in [0.15, 0.2) is 0 Å². The molecule has 1 saturated carbocycles. The third-order valence-corrected chi connectivity index (χ3v) is 5.38. The van der Waals surface area contributed by atoms with E-state index in [-0.39, 0.29) is 4.90 Å². The van der Waals surface area contributed by atoms with Crippen LogP contribution in [0.5, 0.6) is 0 Å². The van der Waals surface area contributed by atoms with Crippen LogP contribution in [-0.4, -0.2) is 14.0 Å². The lowest BCUT2D eigenvalue weighted by Crippen LogP contribution is -2.48. The molecule has 0 aliphatic heterocycles. The number of rotatable bonds is 3. The van der Waals surface area contributed by atoms with E-state index in [0.29, 0.717) is 17.3 Å². The first-order valence-electron chi connectivity index (χ1n) is 6.18. The van der Waals surface area contributed by atoms with Gasteiger partial charge in [-0.15, -0.1) is 0 Å². The average molecular weight is 343 g/mol. The summed E-state index contributed by atoms with van der Waals surface area (Å²) < 4.78 is 28.0. The van der Waals surface area contributed by atoms with Gasteiger partial charge in [0.05, 0.1) is 11.0 Å². The Morgan fingerprint density at radius 1 is 1.26 bits per heavy atom. The van der Waals surface area contributed by atoms with Gasteiger partial charge >= 0.3 is 0 Å². The molecular formula is C13H15BrN2O2S. The zero-order valence-electron chi connectivity index (χ0n) is 10.4. The molecule has 6 heteroatoms. The van der Waals surface area contributed by atoms with Crippen LogP contribution in [0.1, 0.15) is 32.1 Å². The lowest BCUT2D eigenvalue weighted by Gasteiger charge is -2.31. The minimum absolute atomic E-state index is 0.182. The molecule has 0 amide bonds. The fraction of sp³-hybridized carbons (Fsp3) is 0.462. The van der Waals surface area contributed by atoms with Gasteiger partial charge < -0.3 is 0 Å². The predicted molar refractivity (Wildman–Crippen MR) is 75.9 cm³/mol. The zero-order valence-corrected chi connectivity index (χ0v) is 12.8. The summed E-state index contributed by atoms with van der Waals surface area (Å²) in [6.45, 7) is 0. The maximum Gasteiger partial charge on any atom is 0.241 e. The summed E-state index contributed by atoms with van der Waals surface area (Å²) >= 11 is 3.25. The van der Waals surface area contributed by atoms with Crippen LogP contribution in [0, 0.1) is 11.3 Å².